The van der Waals surface area contributed by atoms with Gasteiger partial charge in [-0.25, -0.2) is 4.79 Å². The Balaban J connectivity index is 1.82. The number of amides is 1. The molecule has 6 nitrogen and oxygen atoms in total. The predicted molar refractivity (Wildman–Crippen MR) is 102 cm³/mol. The molecule has 0 aromatic heterocycles. The fourth-order valence-corrected chi connectivity index (χ4v) is 2.34. The summed E-state index contributed by atoms with van der Waals surface area (Å²) in [6.45, 7) is 3.76. The minimum Gasteiger partial charge on any atom is -0.482 e. The molecule has 0 fully saturated rings. The highest BCUT2D eigenvalue weighted by Crippen LogP contribution is 2.18. The van der Waals surface area contributed by atoms with Crippen LogP contribution in [0.15, 0.2) is 48.5 Å². The standard InChI is InChI=1S/C21H23NO5/c1-3-26-21(25)14-27-18-6-4-5-17(13-18)22-20(24)12-11-19(23)16-9-7-15(2)8-10-16/h4-10,13H,3,11-12,14H2,1-2H3,(H,22,24). The molecule has 0 saturated carbocycles. The molecular formula is C21H23NO5. The molecule has 6 heteroatoms. The molecular weight excluding hydrogens is 346 g/mol. The first-order valence-electron chi connectivity index (χ1n) is 8.76. The minimum absolute atomic E-state index is 0.0725. The van der Waals surface area contributed by atoms with Crippen LogP contribution in [0.4, 0.5) is 5.69 Å². The number of rotatable bonds is 9. The molecule has 2 rings (SSSR count). The summed E-state index contributed by atoms with van der Waals surface area (Å²) in [7, 11) is 0. The number of ether oxygens (including phenoxy) is 2. The molecule has 0 aliphatic heterocycles. The Morgan fingerprint density at radius 1 is 1.00 bits per heavy atom. The van der Waals surface area contributed by atoms with E-state index in [0.717, 1.165) is 5.56 Å². The lowest BCUT2D eigenvalue weighted by Crippen LogP contribution is -2.15. The van der Waals surface area contributed by atoms with E-state index in [2.05, 4.69) is 5.32 Å². The maximum Gasteiger partial charge on any atom is 0.344 e. The van der Waals surface area contributed by atoms with Gasteiger partial charge in [0.1, 0.15) is 5.75 Å². The lowest BCUT2D eigenvalue weighted by Gasteiger charge is -2.09. The Labute approximate surface area is 158 Å². The van der Waals surface area contributed by atoms with Gasteiger partial charge in [0.2, 0.25) is 5.91 Å². The number of anilines is 1. The van der Waals surface area contributed by atoms with Crippen LogP contribution in [0.1, 0.15) is 35.7 Å². The zero-order chi connectivity index (χ0) is 19.6. The molecule has 27 heavy (non-hydrogen) atoms. The topological polar surface area (TPSA) is 81.7 Å². The lowest BCUT2D eigenvalue weighted by atomic mass is 10.0. The van der Waals surface area contributed by atoms with E-state index in [1.165, 1.54) is 0 Å². The van der Waals surface area contributed by atoms with Gasteiger partial charge >= 0.3 is 5.97 Å². The Morgan fingerprint density at radius 3 is 2.44 bits per heavy atom. The number of hydrogen-bond acceptors (Lipinski definition) is 5. The van der Waals surface area contributed by atoms with Gasteiger partial charge in [-0.3, -0.25) is 9.59 Å². The third-order valence-corrected chi connectivity index (χ3v) is 3.73. The van der Waals surface area contributed by atoms with Crippen LogP contribution in [0.5, 0.6) is 5.75 Å². The summed E-state index contributed by atoms with van der Waals surface area (Å²) in [6, 6.07) is 14.0. The van der Waals surface area contributed by atoms with E-state index in [1.807, 2.05) is 19.1 Å². The summed E-state index contributed by atoms with van der Waals surface area (Å²) in [5.41, 5.74) is 2.21. The van der Waals surface area contributed by atoms with Crippen molar-refractivity contribution in [1.82, 2.24) is 0 Å². The largest absolute Gasteiger partial charge is 0.482 e. The van der Waals surface area contributed by atoms with Crippen molar-refractivity contribution in [3.63, 3.8) is 0 Å². The Kier molecular flexibility index (Phi) is 7.55. The number of carbonyl (C=O) groups excluding carboxylic acids is 3. The number of aryl methyl sites for hydroxylation is 1. The maximum absolute atomic E-state index is 12.1. The zero-order valence-electron chi connectivity index (χ0n) is 15.5. The average molecular weight is 369 g/mol. The van der Waals surface area contributed by atoms with Crippen molar-refractivity contribution >= 4 is 23.3 Å². The smallest absolute Gasteiger partial charge is 0.344 e. The van der Waals surface area contributed by atoms with Crippen molar-refractivity contribution < 1.29 is 23.9 Å². The Morgan fingerprint density at radius 2 is 1.74 bits per heavy atom. The lowest BCUT2D eigenvalue weighted by molar-refractivity contribution is -0.145. The van der Waals surface area contributed by atoms with E-state index in [-0.39, 0.29) is 31.1 Å². The Bertz CT molecular complexity index is 798. The number of hydrogen-bond donors (Lipinski definition) is 1. The Hall–Kier alpha value is -3.15. The van der Waals surface area contributed by atoms with Gasteiger partial charge in [0.05, 0.1) is 6.61 Å². The normalized spacial score (nSPS) is 10.1. The minimum atomic E-state index is -0.457. The molecule has 142 valence electrons. The molecule has 0 bridgehead atoms. The fraction of sp³-hybridized carbons (Fsp3) is 0.286. The summed E-state index contributed by atoms with van der Waals surface area (Å²) in [4.78, 5) is 35.5. The van der Waals surface area contributed by atoms with E-state index in [4.69, 9.17) is 9.47 Å². The monoisotopic (exact) mass is 369 g/mol. The van der Waals surface area contributed by atoms with Gasteiger partial charge in [0.15, 0.2) is 12.4 Å². The van der Waals surface area contributed by atoms with Crippen LogP contribution in [0.2, 0.25) is 0 Å². The van der Waals surface area contributed by atoms with Crippen molar-refractivity contribution in [2.75, 3.05) is 18.5 Å². The molecule has 1 N–H and O–H groups in total. The van der Waals surface area contributed by atoms with E-state index in [1.54, 1.807) is 43.3 Å². The van der Waals surface area contributed by atoms with Crippen LogP contribution in [-0.2, 0) is 14.3 Å². The van der Waals surface area contributed by atoms with Crippen LogP contribution in [0.25, 0.3) is 0 Å². The first-order chi connectivity index (χ1) is 13.0. The molecule has 2 aromatic rings. The van der Waals surface area contributed by atoms with E-state index in [9.17, 15) is 14.4 Å². The highest BCUT2D eigenvalue weighted by molar-refractivity contribution is 6.00. The molecule has 0 heterocycles. The highest BCUT2D eigenvalue weighted by Gasteiger charge is 2.10. The van der Waals surface area contributed by atoms with Crippen molar-refractivity contribution in [3.05, 3.63) is 59.7 Å². The van der Waals surface area contributed by atoms with Crippen LogP contribution in [0.3, 0.4) is 0 Å². The predicted octanol–water partition coefficient (Wildman–Crippen LogP) is 3.54. The fourth-order valence-electron chi connectivity index (χ4n) is 2.34. The number of benzene rings is 2. The van der Waals surface area contributed by atoms with E-state index < -0.39 is 5.97 Å². The molecule has 0 atom stereocenters. The number of nitrogens with one attached hydrogen (secondary N) is 1. The first-order valence-corrected chi connectivity index (χ1v) is 8.76. The molecule has 0 radical (unpaired) electrons. The van der Waals surface area contributed by atoms with E-state index in [0.29, 0.717) is 23.6 Å². The second-order valence-corrected chi connectivity index (χ2v) is 5.96. The summed E-state index contributed by atoms with van der Waals surface area (Å²) in [6.07, 6.45) is 0.217. The molecule has 2 aromatic carbocycles. The summed E-state index contributed by atoms with van der Waals surface area (Å²) in [5, 5.41) is 2.72. The van der Waals surface area contributed by atoms with Crippen molar-refractivity contribution in [1.29, 1.82) is 0 Å². The zero-order valence-corrected chi connectivity index (χ0v) is 15.5. The maximum atomic E-state index is 12.1. The molecule has 0 unspecified atom stereocenters. The second-order valence-electron chi connectivity index (χ2n) is 5.96. The first kappa shape index (κ1) is 20.2. The second kappa shape index (κ2) is 10.1. The van der Waals surface area contributed by atoms with E-state index >= 15 is 0 Å². The van der Waals surface area contributed by atoms with Crippen molar-refractivity contribution in [2.24, 2.45) is 0 Å². The van der Waals surface area contributed by atoms with Gasteiger partial charge in [0, 0.05) is 30.2 Å². The van der Waals surface area contributed by atoms with Crippen LogP contribution in [-0.4, -0.2) is 30.9 Å². The van der Waals surface area contributed by atoms with Crippen LogP contribution in [0, 0.1) is 6.92 Å². The molecule has 0 spiro atoms. The van der Waals surface area contributed by atoms with Gasteiger partial charge < -0.3 is 14.8 Å². The SMILES string of the molecule is CCOC(=O)COc1cccc(NC(=O)CCC(=O)c2ccc(C)cc2)c1. The summed E-state index contributed by atoms with van der Waals surface area (Å²) >= 11 is 0. The van der Waals surface area contributed by atoms with Gasteiger partial charge in [0.25, 0.3) is 0 Å². The molecule has 0 aliphatic rings. The van der Waals surface area contributed by atoms with Crippen LogP contribution >= 0.6 is 0 Å². The number of carbonyl (C=O) groups is 3. The summed E-state index contributed by atoms with van der Waals surface area (Å²) in [5.74, 6) is -0.354. The highest BCUT2D eigenvalue weighted by atomic mass is 16.6. The third-order valence-electron chi connectivity index (χ3n) is 3.73. The van der Waals surface area contributed by atoms with Gasteiger partial charge in [-0.15, -0.1) is 0 Å². The van der Waals surface area contributed by atoms with Crippen molar-refractivity contribution in [3.8, 4) is 5.75 Å². The van der Waals surface area contributed by atoms with Gasteiger partial charge in [-0.2, -0.15) is 0 Å². The molecule has 0 saturated heterocycles. The van der Waals surface area contributed by atoms with Gasteiger partial charge in [-0.05, 0) is 26.0 Å². The van der Waals surface area contributed by atoms with Gasteiger partial charge in [-0.1, -0.05) is 35.9 Å². The summed E-state index contributed by atoms with van der Waals surface area (Å²) < 4.78 is 10.1. The number of Topliss-reactive ketones (excluding diaryl/α,β-unsaturated/α-hetero) is 1. The number of ketones is 1. The molecule has 0 aliphatic carbocycles. The van der Waals surface area contributed by atoms with Crippen LogP contribution < -0.4 is 10.1 Å². The number of esters is 1. The molecule has 1 amide bonds. The average Bonchev–Trinajstić information content (AvgIpc) is 2.65. The van der Waals surface area contributed by atoms with Crippen molar-refractivity contribution in [2.45, 2.75) is 26.7 Å². The quantitative estimate of drug-likeness (QED) is 0.540. The third kappa shape index (κ3) is 6.93.